The second-order valence-corrected chi connectivity index (χ2v) is 6.25. The van der Waals surface area contributed by atoms with Crippen LogP contribution in [0.5, 0.6) is 11.5 Å². The highest BCUT2D eigenvalue weighted by molar-refractivity contribution is 6.32. The van der Waals surface area contributed by atoms with E-state index in [0.717, 1.165) is 19.3 Å². The minimum absolute atomic E-state index is 0.124. The Bertz CT molecular complexity index is 536. The molecule has 0 aliphatic heterocycles. The topological polar surface area (TPSA) is 56.8 Å². The number of rotatable bonds is 11. The molecule has 0 aliphatic rings. The van der Waals surface area contributed by atoms with Crippen LogP contribution in [0.2, 0.25) is 5.02 Å². The average Bonchev–Trinajstić information content (AvgIpc) is 2.55. The van der Waals surface area contributed by atoms with Gasteiger partial charge in [0.15, 0.2) is 11.5 Å². The fraction of sp³-hybridized carbons (Fsp3) is 0.632. The number of carbonyl (C=O) groups is 1. The molecule has 0 saturated heterocycles. The van der Waals surface area contributed by atoms with Crippen LogP contribution < -0.4 is 14.8 Å². The van der Waals surface area contributed by atoms with Crippen LogP contribution in [0.4, 0.5) is 10.5 Å². The van der Waals surface area contributed by atoms with Gasteiger partial charge in [0, 0.05) is 11.8 Å². The maximum absolute atomic E-state index is 12.1. The van der Waals surface area contributed by atoms with Crippen LogP contribution in [0.25, 0.3) is 0 Å². The van der Waals surface area contributed by atoms with Crippen molar-refractivity contribution in [2.75, 3.05) is 18.5 Å². The molecule has 1 aromatic rings. The van der Waals surface area contributed by atoms with Crippen LogP contribution >= 0.6 is 11.6 Å². The number of amides is 1. The van der Waals surface area contributed by atoms with Gasteiger partial charge >= 0.3 is 6.09 Å². The van der Waals surface area contributed by atoms with Crippen molar-refractivity contribution in [1.29, 1.82) is 0 Å². The third kappa shape index (κ3) is 7.86. The molecule has 6 heteroatoms. The minimum Gasteiger partial charge on any atom is -0.490 e. The van der Waals surface area contributed by atoms with Gasteiger partial charge in [-0.15, -0.1) is 0 Å². The smallest absolute Gasteiger partial charge is 0.411 e. The van der Waals surface area contributed by atoms with E-state index in [2.05, 4.69) is 12.2 Å². The van der Waals surface area contributed by atoms with Gasteiger partial charge in [-0.3, -0.25) is 5.32 Å². The number of ether oxygens (including phenoxy) is 3. The Morgan fingerprint density at radius 2 is 1.84 bits per heavy atom. The monoisotopic (exact) mass is 371 g/mol. The molecule has 0 radical (unpaired) electrons. The summed E-state index contributed by atoms with van der Waals surface area (Å²) in [6.45, 7) is 8.77. The van der Waals surface area contributed by atoms with Crippen molar-refractivity contribution in [2.24, 2.45) is 0 Å². The molecule has 1 aromatic carbocycles. The summed E-state index contributed by atoms with van der Waals surface area (Å²) in [5.74, 6) is 0.981. The number of hydrogen-bond acceptors (Lipinski definition) is 4. The summed E-state index contributed by atoms with van der Waals surface area (Å²) in [6.07, 6.45) is 4.87. The highest BCUT2D eigenvalue weighted by atomic mass is 35.5. The van der Waals surface area contributed by atoms with Crippen LogP contribution in [0, 0.1) is 0 Å². The van der Waals surface area contributed by atoms with Gasteiger partial charge in [0.25, 0.3) is 0 Å². The molecule has 0 heterocycles. The van der Waals surface area contributed by atoms with Gasteiger partial charge in [-0.1, -0.05) is 37.8 Å². The summed E-state index contributed by atoms with van der Waals surface area (Å²) < 4.78 is 16.4. The number of carbonyl (C=O) groups excluding carboxylic acids is 1. The fourth-order valence-electron chi connectivity index (χ4n) is 2.44. The molecule has 142 valence electrons. The second kappa shape index (κ2) is 11.9. The summed E-state index contributed by atoms with van der Waals surface area (Å²) in [5, 5.41) is 3.09. The van der Waals surface area contributed by atoms with Gasteiger partial charge in [0.05, 0.1) is 18.2 Å². The Hall–Kier alpha value is -1.62. The number of benzene rings is 1. The van der Waals surface area contributed by atoms with E-state index >= 15 is 0 Å². The standard InChI is InChI=1S/C19H30ClNO4/c1-5-8-9-10-11-14(4)25-19(22)21-15-12-16(20)18(24-7-3)17(13-15)23-6-2/h12-14H,5-11H2,1-4H3,(H,21,22). The Labute approximate surface area is 156 Å². The molecule has 1 atom stereocenters. The number of unbranched alkanes of at least 4 members (excludes halogenated alkanes) is 3. The van der Waals surface area contributed by atoms with E-state index < -0.39 is 6.09 Å². The van der Waals surface area contributed by atoms with Crippen LogP contribution in [-0.2, 0) is 4.74 Å². The van der Waals surface area contributed by atoms with Crippen LogP contribution in [0.3, 0.4) is 0 Å². The highest BCUT2D eigenvalue weighted by Gasteiger charge is 2.15. The zero-order valence-electron chi connectivity index (χ0n) is 15.7. The molecule has 0 spiro atoms. The molecule has 0 bridgehead atoms. The largest absolute Gasteiger partial charge is 0.490 e. The van der Waals surface area contributed by atoms with Gasteiger partial charge in [-0.05, 0) is 39.7 Å². The van der Waals surface area contributed by atoms with E-state index in [9.17, 15) is 4.79 Å². The van der Waals surface area contributed by atoms with Gasteiger partial charge in [0.1, 0.15) is 6.10 Å². The van der Waals surface area contributed by atoms with Crippen molar-refractivity contribution >= 4 is 23.4 Å². The highest BCUT2D eigenvalue weighted by Crippen LogP contribution is 2.38. The SMILES string of the molecule is CCCCCCC(C)OC(=O)Nc1cc(Cl)c(OCC)c(OCC)c1. The van der Waals surface area contributed by atoms with E-state index in [-0.39, 0.29) is 6.10 Å². The molecule has 0 fully saturated rings. The van der Waals surface area contributed by atoms with Crippen molar-refractivity contribution in [2.45, 2.75) is 65.9 Å². The Morgan fingerprint density at radius 1 is 1.12 bits per heavy atom. The average molecular weight is 372 g/mol. The van der Waals surface area contributed by atoms with E-state index in [1.165, 1.54) is 12.8 Å². The maximum atomic E-state index is 12.1. The first kappa shape index (κ1) is 21.4. The number of hydrogen-bond donors (Lipinski definition) is 1. The lowest BCUT2D eigenvalue weighted by Crippen LogP contribution is -2.20. The molecule has 5 nitrogen and oxygen atoms in total. The third-order valence-electron chi connectivity index (χ3n) is 3.62. The first-order chi connectivity index (χ1) is 12.0. The maximum Gasteiger partial charge on any atom is 0.411 e. The second-order valence-electron chi connectivity index (χ2n) is 5.84. The van der Waals surface area contributed by atoms with Crippen molar-refractivity contribution in [3.8, 4) is 11.5 Å². The molecular weight excluding hydrogens is 342 g/mol. The summed E-state index contributed by atoms with van der Waals surface area (Å²) >= 11 is 6.24. The van der Waals surface area contributed by atoms with Gasteiger partial charge in [-0.25, -0.2) is 4.79 Å². The zero-order valence-corrected chi connectivity index (χ0v) is 16.4. The molecule has 0 saturated carbocycles. The molecule has 0 aliphatic carbocycles. The quantitative estimate of drug-likeness (QED) is 0.481. The minimum atomic E-state index is -0.495. The molecule has 0 aromatic heterocycles. The first-order valence-electron chi connectivity index (χ1n) is 9.08. The van der Waals surface area contributed by atoms with Crippen LogP contribution in [-0.4, -0.2) is 25.4 Å². The molecule has 1 unspecified atom stereocenters. The number of anilines is 1. The predicted molar refractivity (Wildman–Crippen MR) is 102 cm³/mol. The Morgan fingerprint density at radius 3 is 2.48 bits per heavy atom. The van der Waals surface area contributed by atoms with Crippen LogP contribution in [0.15, 0.2) is 12.1 Å². The Balaban J connectivity index is 2.64. The number of halogens is 1. The van der Waals surface area contributed by atoms with Gasteiger partial charge < -0.3 is 14.2 Å². The fourth-order valence-corrected chi connectivity index (χ4v) is 2.70. The summed E-state index contributed by atoms with van der Waals surface area (Å²) in [5.41, 5.74) is 0.514. The summed E-state index contributed by atoms with van der Waals surface area (Å²) in [4.78, 5) is 12.1. The molecule has 1 N–H and O–H groups in total. The summed E-state index contributed by atoms with van der Waals surface area (Å²) in [6, 6.07) is 3.32. The molecule has 1 amide bonds. The normalized spacial score (nSPS) is 11.7. The lowest BCUT2D eigenvalue weighted by atomic mass is 10.1. The van der Waals surface area contributed by atoms with E-state index in [1.54, 1.807) is 12.1 Å². The lowest BCUT2D eigenvalue weighted by Gasteiger charge is -2.16. The van der Waals surface area contributed by atoms with E-state index in [0.29, 0.717) is 35.4 Å². The summed E-state index contributed by atoms with van der Waals surface area (Å²) in [7, 11) is 0. The lowest BCUT2D eigenvalue weighted by molar-refractivity contribution is 0.114. The van der Waals surface area contributed by atoms with Crippen molar-refractivity contribution in [3.63, 3.8) is 0 Å². The van der Waals surface area contributed by atoms with Crippen molar-refractivity contribution in [3.05, 3.63) is 17.2 Å². The van der Waals surface area contributed by atoms with E-state index in [4.69, 9.17) is 25.8 Å². The zero-order chi connectivity index (χ0) is 18.7. The van der Waals surface area contributed by atoms with E-state index in [1.807, 2.05) is 20.8 Å². The Kier molecular flexibility index (Phi) is 10.2. The van der Waals surface area contributed by atoms with Gasteiger partial charge in [0.2, 0.25) is 0 Å². The van der Waals surface area contributed by atoms with Gasteiger partial charge in [-0.2, -0.15) is 0 Å². The first-order valence-corrected chi connectivity index (χ1v) is 9.46. The van der Waals surface area contributed by atoms with Crippen molar-refractivity contribution < 1.29 is 19.0 Å². The molecular formula is C19H30ClNO4. The molecule has 25 heavy (non-hydrogen) atoms. The predicted octanol–water partition coefficient (Wildman–Crippen LogP) is 6.04. The number of nitrogens with one attached hydrogen (secondary N) is 1. The molecule has 1 rings (SSSR count). The third-order valence-corrected chi connectivity index (χ3v) is 3.90. The van der Waals surface area contributed by atoms with Crippen molar-refractivity contribution in [1.82, 2.24) is 0 Å². The van der Waals surface area contributed by atoms with Crippen LogP contribution in [0.1, 0.15) is 59.8 Å².